The van der Waals surface area contributed by atoms with Crippen LogP contribution in [-0.4, -0.2) is 4.57 Å². The summed E-state index contributed by atoms with van der Waals surface area (Å²) in [5, 5.41) is 0. The Morgan fingerprint density at radius 1 is 0.556 bits per heavy atom. The summed E-state index contributed by atoms with van der Waals surface area (Å²) < 4.78 is -0.160. The summed E-state index contributed by atoms with van der Waals surface area (Å²) >= 11 is 2.06. The molecule has 0 aliphatic heterocycles. The Kier molecular flexibility index (Phi) is 10.5. The quantitative estimate of drug-likeness (QED) is 0.349. The molecule has 0 atom stereocenters. The van der Waals surface area contributed by atoms with Crippen LogP contribution in [-0.2, 0) is 0 Å². The van der Waals surface area contributed by atoms with Crippen molar-refractivity contribution < 1.29 is 0 Å². The zero-order valence-electron chi connectivity index (χ0n) is 9.11. The molecule has 0 spiro atoms. The lowest BCUT2D eigenvalue weighted by molar-refractivity contribution is 2.39. The minimum Gasteiger partial charge on any atom is -0.112 e. The third kappa shape index (κ3) is 11.4. The number of halogens is 1. The smallest absolute Gasteiger partial charge is 0.112 e. The highest BCUT2D eigenvalue weighted by Crippen LogP contribution is 1.88. The summed E-state index contributed by atoms with van der Waals surface area (Å²) in [6.07, 6.45) is 9.82. The van der Waals surface area contributed by atoms with E-state index in [1.165, 1.54) is 0 Å². The summed E-state index contributed by atoms with van der Waals surface area (Å²) in [5.74, 6) is 34.7. The van der Waals surface area contributed by atoms with Crippen molar-refractivity contribution in [3.05, 3.63) is 0 Å². The van der Waals surface area contributed by atoms with Crippen LogP contribution < -0.4 is 0 Å². The molecule has 0 saturated heterocycles. The van der Waals surface area contributed by atoms with Gasteiger partial charge in [-0.15, -0.1) is 46.9 Å². The maximum absolute atomic E-state index is 4.91. The second-order valence-corrected chi connectivity index (χ2v) is 3.44. The Morgan fingerprint density at radius 2 is 0.889 bits per heavy atom. The fourth-order valence-electron chi connectivity index (χ4n) is 0.495. The van der Waals surface area contributed by atoms with E-state index < -0.39 is 0 Å². The van der Waals surface area contributed by atoms with Gasteiger partial charge < -0.3 is 0 Å². The Hall–Kier alpha value is -2.73. The molecule has 0 unspecified atom stereocenters. The molecular weight excluding hydrogens is 330 g/mol. The number of hydrogen-bond donors (Lipinski definition) is 0. The van der Waals surface area contributed by atoms with Crippen LogP contribution in [0, 0.1) is 95.5 Å². The van der Waals surface area contributed by atoms with E-state index in [4.69, 9.17) is 12.8 Å². The molecule has 76 valence electrons. The normalized spacial score (nSPS) is 4.39. The Bertz CT molecular complexity index is 681. The fourth-order valence-corrected chi connectivity index (χ4v) is 0.806. The molecule has 0 heterocycles. The molecule has 0 rings (SSSR count). The molecule has 2 heteroatoms. The van der Waals surface area contributed by atoms with E-state index in [9.17, 15) is 0 Å². The summed E-state index contributed by atoms with van der Waals surface area (Å²) in [6, 6.07) is 0. The lowest BCUT2D eigenvalue weighted by Crippen LogP contribution is -1.93. The summed E-state index contributed by atoms with van der Waals surface area (Å²) in [7, 11) is 0. The lowest BCUT2D eigenvalue weighted by atomic mass is 9.81. The average molecular weight is 332 g/mol. The van der Waals surface area contributed by atoms with Gasteiger partial charge in [-0.05, 0) is 71.0 Å². The first-order valence-corrected chi connectivity index (χ1v) is 5.62. The van der Waals surface area contributed by atoms with Crippen LogP contribution in [0.4, 0.5) is 0 Å². The maximum Gasteiger partial charge on any atom is 0.384 e. The van der Waals surface area contributed by atoms with Crippen molar-refractivity contribution in [1.29, 1.82) is 0 Å². The van der Waals surface area contributed by atoms with Crippen molar-refractivity contribution in [3.8, 4) is 95.5 Å². The summed E-state index contributed by atoms with van der Waals surface area (Å²) in [5.41, 5.74) is 0. The lowest BCUT2D eigenvalue weighted by Gasteiger charge is -1.75. The van der Waals surface area contributed by atoms with Gasteiger partial charge in [-0.25, -0.2) is 0 Å². The maximum atomic E-state index is 4.91. The van der Waals surface area contributed by atoms with E-state index in [2.05, 4.69) is 105 Å². The van der Waals surface area contributed by atoms with Gasteiger partial charge in [0, 0.05) is 0 Å². The van der Waals surface area contributed by atoms with Gasteiger partial charge in [-0.1, -0.05) is 0 Å². The third-order valence-electron chi connectivity index (χ3n) is 1.04. The third-order valence-corrected chi connectivity index (χ3v) is 1.66. The van der Waals surface area contributed by atoms with Gasteiger partial charge in [0.05, 0.1) is 0 Å². The van der Waals surface area contributed by atoms with Crippen molar-refractivity contribution >= 4 is 26.9 Å². The van der Waals surface area contributed by atoms with Gasteiger partial charge in [0.25, 0.3) is 0 Å². The Morgan fingerprint density at radius 3 is 1.28 bits per heavy atom. The number of terminal acetylenes is 2. The molecule has 0 aliphatic carbocycles. The van der Waals surface area contributed by atoms with Gasteiger partial charge in [-0.2, -0.15) is 0 Å². The predicted octanol–water partition coefficient (Wildman–Crippen LogP) is 0.778. The van der Waals surface area contributed by atoms with Crippen molar-refractivity contribution in [2.45, 2.75) is 0 Å². The van der Waals surface area contributed by atoms with Gasteiger partial charge in [0.2, 0.25) is 0 Å². The molecular formula is C16H2BI. The van der Waals surface area contributed by atoms with Gasteiger partial charge >= 0.3 is 4.57 Å². The summed E-state index contributed by atoms with van der Waals surface area (Å²) in [6.45, 7) is 0. The summed E-state index contributed by atoms with van der Waals surface area (Å²) in [4.78, 5) is 0. The molecule has 0 aliphatic rings. The van der Waals surface area contributed by atoms with Gasteiger partial charge in [-0.3, -0.25) is 0 Å². The average Bonchev–Trinajstić information content (AvgIpc) is 2.38. The van der Waals surface area contributed by atoms with E-state index in [0.29, 0.717) is 0 Å². The van der Waals surface area contributed by atoms with Crippen LogP contribution in [0.3, 0.4) is 0 Å². The van der Waals surface area contributed by atoms with Crippen LogP contribution in [0.2, 0.25) is 0 Å². The number of rotatable bonds is 0. The monoisotopic (exact) mass is 332 g/mol. The van der Waals surface area contributed by atoms with E-state index >= 15 is 0 Å². The fraction of sp³-hybridized carbons (Fsp3) is 0. The Labute approximate surface area is 122 Å². The van der Waals surface area contributed by atoms with Crippen molar-refractivity contribution in [1.82, 2.24) is 0 Å². The standard InChI is InChI=1S/C16H2BI/c1-3-5-7-9-11-13-15-17(18)16-14-12-10-8-6-4-2/h1-2H. The SMILES string of the molecule is C#CC#CC#CC#CB(I)C#CC#CC#CC#C. The zero-order valence-corrected chi connectivity index (χ0v) is 11.3. The highest BCUT2D eigenvalue weighted by molar-refractivity contribution is 14.1. The molecule has 0 fully saturated rings. The molecule has 0 aromatic rings. The molecule has 0 aromatic carbocycles. The molecule has 0 radical (unpaired) electrons. The van der Waals surface area contributed by atoms with Crippen molar-refractivity contribution in [2.24, 2.45) is 0 Å². The van der Waals surface area contributed by atoms with Crippen LogP contribution in [0.5, 0.6) is 0 Å². The van der Waals surface area contributed by atoms with E-state index in [-0.39, 0.29) is 4.57 Å². The minimum absolute atomic E-state index is 0.160. The first kappa shape index (κ1) is 15.3. The first-order chi connectivity index (χ1) is 8.81. The van der Waals surface area contributed by atoms with Crippen molar-refractivity contribution in [3.63, 3.8) is 0 Å². The first-order valence-electron chi connectivity index (χ1n) is 4.37. The van der Waals surface area contributed by atoms with Gasteiger partial charge in [0.15, 0.2) is 0 Å². The molecule has 0 saturated carbocycles. The highest BCUT2D eigenvalue weighted by atomic mass is 127. The van der Waals surface area contributed by atoms with Crippen LogP contribution in [0.15, 0.2) is 0 Å². The van der Waals surface area contributed by atoms with Crippen LogP contribution >= 0.6 is 22.4 Å². The van der Waals surface area contributed by atoms with Crippen LogP contribution in [0.1, 0.15) is 0 Å². The predicted molar refractivity (Wildman–Crippen MR) is 84.1 cm³/mol. The number of hydrogen-bond acceptors (Lipinski definition) is 0. The van der Waals surface area contributed by atoms with Gasteiger partial charge in [0.1, 0.15) is 0 Å². The van der Waals surface area contributed by atoms with E-state index in [0.717, 1.165) is 0 Å². The highest BCUT2D eigenvalue weighted by Gasteiger charge is 1.96. The van der Waals surface area contributed by atoms with Crippen LogP contribution in [0.25, 0.3) is 0 Å². The second-order valence-electron chi connectivity index (χ2n) is 2.19. The topological polar surface area (TPSA) is 0 Å². The molecule has 0 N–H and O–H groups in total. The largest absolute Gasteiger partial charge is 0.384 e. The minimum atomic E-state index is -0.160. The van der Waals surface area contributed by atoms with Crippen molar-refractivity contribution in [2.75, 3.05) is 0 Å². The molecule has 18 heavy (non-hydrogen) atoms. The van der Waals surface area contributed by atoms with E-state index in [1.54, 1.807) is 0 Å². The molecule has 0 bridgehead atoms. The molecule has 0 amide bonds. The molecule has 0 nitrogen and oxygen atoms in total. The molecule has 0 aromatic heterocycles. The Balaban J connectivity index is 4.40. The second kappa shape index (κ2) is 12.3. The zero-order chi connectivity index (χ0) is 13.5. The van der Waals surface area contributed by atoms with E-state index in [1.807, 2.05) is 0 Å².